The Morgan fingerprint density at radius 2 is 1.95 bits per heavy atom. The van der Waals surface area contributed by atoms with Gasteiger partial charge in [0, 0.05) is 13.1 Å². The van der Waals surface area contributed by atoms with E-state index >= 15 is 0 Å². The average Bonchev–Trinajstić information content (AvgIpc) is 3.17. The standard InChI is InChI=1S/C14H22N4O4/c19-11-7-15-13(21)18(11)8-12(20)17-6-3-14(22,10-17)9-16-4-1-2-5-16/h22H,1-10H2,(H,15,21)/t14-/m1/s1. The van der Waals surface area contributed by atoms with E-state index in [2.05, 4.69) is 10.2 Å². The predicted molar refractivity (Wildman–Crippen MR) is 76.9 cm³/mol. The number of carbonyl (C=O) groups is 3. The van der Waals surface area contributed by atoms with E-state index in [-0.39, 0.29) is 31.4 Å². The van der Waals surface area contributed by atoms with Gasteiger partial charge in [-0.05, 0) is 32.4 Å². The molecule has 1 atom stereocenters. The van der Waals surface area contributed by atoms with Gasteiger partial charge in [-0.1, -0.05) is 0 Å². The summed E-state index contributed by atoms with van der Waals surface area (Å²) in [5.74, 6) is -0.673. The van der Waals surface area contributed by atoms with Crippen molar-refractivity contribution in [2.75, 3.05) is 45.8 Å². The first kappa shape index (κ1) is 15.2. The molecule has 0 aromatic carbocycles. The second-order valence-corrected chi connectivity index (χ2v) is 6.41. The molecule has 3 fully saturated rings. The third-order valence-corrected chi connectivity index (χ3v) is 4.63. The summed E-state index contributed by atoms with van der Waals surface area (Å²) in [7, 11) is 0. The van der Waals surface area contributed by atoms with Crippen molar-refractivity contribution in [3.05, 3.63) is 0 Å². The highest BCUT2D eigenvalue weighted by atomic mass is 16.3. The zero-order valence-corrected chi connectivity index (χ0v) is 12.6. The van der Waals surface area contributed by atoms with Crippen LogP contribution in [0.5, 0.6) is 0 Å². The first-order chi connectivity index (χ1) is 10.5. The van der Waals surface area contributed by atoms with Gasteiger partial charge in [-0.25, -0.2) is 4.79 Å². The average molecular weight is 310 g/mol. The number of likely N-dealkylation sites (tertiary alicyclic amines) is 2. The summed E-state index contributed by atoms with van der Waals surface area (Å²) in [6.07, 6.45) is 2.85. The zero-order valence-electron chi connectivity index (χ0n) is 12.6. The summed E-state index contributed by atoms with van der Waals surface area (Å²) < 4.78 is 0. The van der Waals surface area contributed by atoms with Crippen LogP contribution < -0.4 is 5.32 Å². The largest absolute Gasteiger partial charge is 0.387 e. The van der Waals surface area contributed by atoms with Crippen LogP contribution in [-0.2, 0) is 9.59 Å². The molecule has 0 aromatic rings. The van der Waals surface area contributed by atoms with Gasteiger partial charge in [0.25, 0.3) is 5.91 Å². The Balaban J connectivity index is 1.54. The van der Waals surface area contributed by atoms with Gasteiger partial charge in [0.15, 0.2) is 0 Å². The lowest BCUT2D eigenvalue weighted by Gasteiger charge is -2.28. The Morgan fingerprint density at radius 1 is 1.23 bits per heavy atom. The van der Waals surface area contributed by atoms with E-state index in [1.165, 1.54) is 0 Å². The van der Waals surface area contributed by atoms with Crippen LogP contribution in [0.3, 0.4) is 0 Å². The van der Waals surface area contributed by atoms with E-state index in [0.29, 0.717) is 19.5 Å². The van der Waals surface area contributed by atoms with Crippen LogP contribution in [0.1, 0.15) is 19.3 Å². The Hall–Kier alpha value is -1.67. The predicted octanol–water partition coefficient (Wildman–Crippen LogP) is -1.40. The molecular formula is C14H22N4O4. The minimum atomic E-state index is -0.878. The van der Waals surface area contributed by atoms with Crippen molar-refractivity contribution < 1.29 is 19.5 Å². The maximum absolute atomic E-state index is 12.2. The molecule has 3 aliphatic heterocycles. The molecule has 3 aliphatic rings. The minimum absolute atomic E-state index is 0.0506. The molecule has 0 unspecified atom stereocenters. The topological polar surface area (TPSA) is 93.2 Å². The van der Waals surface area contributed by atoms with E-state index in [1.54, 1.807) is 4.90 Å². The number of aliphatic hydroxyl groups is 1. The number of nitrogens with one attached hydrogen (secondary N) is 1. The Bertz CT molecular complexity index is 475. The molecule has 4 amide bonds. The van der Waals surface area contributed by atoms with E-state index in [9.17, 15) is 19.5 Å². The molecule has 0 bridgehead atoms. The van der Waals surface area contributed by atoms with E-state index in [1.807, 2.05) is 0 Å². The van der Waals surface area contributed by atoms with Crippen LogP contribution in [0.25, 0.3) is 0 Å². The lowest BCUT2D eigenvalue weighted by Crippen LogP contribution is -2.47. The first-order valence-electron chi connectivity index (χ1n) is 7.78. The summed E-state index contributed by atoms with van der Waals surface area (Å²) in [6, 6.07) is -0.523. The van der Waals surface area contributed by atoms with E-state index < -0.39 is 11.6 Å². The summed E-state index contributed by atoms with van der Waals surface area (Å²) >= 11 is 0. The fourth-order valence-corrected chi connectivity index (χ4v) is 3.41. The summed E-state index contributed by atoms with van der Waals surface area (Å²) in [6.45, 7) is 3.02. The van der Waals surface area contributed by atoms with Crippen LogP contribution in [0.15, 0.2) is 0 Å². The number of β-amino-alcohol motifs (C(OH)–C–C–N with tert-alkyl or cyclic N) is 1. The van der Waals surface area contributed by atoms with Crippen molar-refractivity contribution in [2.45, 2.75) is 24.9 Å². The summed E-state index contributed by atoms with van der Waals surface area (Å²) in [5, 5.41) is 13.0. The third-order valence-electron chi connectivity index (χ3n) is 4.63. The maximum atomic E-state index is 12.2. The molecule has 0 radical (unpaired) electrons. The van der Waals surface area contributed by atoms with Crippen LogP contribution in [-0.4, -0.2) is 89.1 Å². The molecule has 3 rings (SSSR count). The molecule has 22 heavy (non-hydrogen) atoms. The minimum Gasteiger partial charge on any atom is -0.387 e. The highest BCUT2D eigenvalue weighted by Gasteiger charge is 2.41. The SMILES string of the molecule is O=C(CN1C(=O)CNC1=O)N1CC[C@@](O)(CN2CCCC2)C1. The monoisotopic (exact) mass is 310 g/mol. The molecule has 3 heterocycles. The van der Waals surface area contributed by atoms with Crippen LogP contribution in [0.4, 0.5) is 4.79 Å². The van der Waals surface area contributed by atoms with Gasteiger partial charge in [0.2, 0.25) is 5.91 Å². The first-order valence-corrected chi connectivity index (χ1v) is 7.78. The van der Waals surface area contributed by atoms with Crippen molar-refractivity contribution in [3.63, 3.8) is 0 Å². The van der Waals surface area contributed by atoms with Crippen molar-refractivity contribution in [1.82, 2.24) is 20.0 Å². The van der Waals surface area contributed by atoms with Gasteiger partial charge in [0.1, 0.15) is 6.54 Å². The molecule has 0 aromatic heterocycles. The number of amides is 4. The maximum Gasteiger partial charge on any atom is 0.325 e. The van der Waals surface area contributed by atoms with Gasteiger partial charge in [-0.2, -0.15) is 0 Å². The highest BCUT2D eigenvalue weighted by molar-refractivity contribution is 6.04. The molecule has 8 nitrogen and oxygen atoms in total. The quantitative estimate of drug-likeness (QED) is 0.623. The smallest absolute Gasteiger partial charge is 0.325 e. The molecular weight excluding hydrogens is 288 g/mol. The van der Waals surface area contributed by atoms with Gasteiger partial charge < -0.3 is 20.2 Å². The molecule has 3 saturated heterocycles. The number of hydrogen-bond acceptors (Lipinski definition) is 5. The Labute approximate surface area is 129 Å². The number of nitrogens with zero attached hydrogens (tertiary/aromatic N) is 3. The van der Waals surface area contributed by atoms with Crippen LogP contribution in [0.2, 0.25) is 0 Å². The van der Waals surface area contributed by atoms with E-state index in [4.69, 9.17) is 0 Å². The lowest BCUT2D eigenvalue weighted by molar-refractivity contribution is -0.136. The number of carbonyl (C=O) groups excluding carboxylic acids is 3. The number of hydrogen-bond donors (Lipinski definition) is 2. The molecule has 8 heteroatoms. The second kappa shape index (κ2) is 5.85. The molecule has 2 N–H and O–H groups in total. The summed E-state index contributed by atoms with van der Waals surface area (Å²) in [4.78, 5) is 39.9. The van der Waals surface area contributed by atoms with Gasteiger partial charge >= 0.3 is 6.03 Å². The van der Waals surface area contributed by atoms with E-state index in [0.717, 1.165) is 30.8 Å². The van der Waals surface area contributed by atoms with Gasteiger partial charge in [-0.15, -0.1) is 0 Å². The second-order valence-electron chi connectivity index (χ2n) is 6.41. The number of imide groups is 1. The van der Waals surface area contributed by atoms with Crippen molar-refractivity contribution in [2.24, 2.45) is 0 Å². The Morgan fingerprint density at radius 3 is 2.59 bits per heavy atom. The van der Waals surface area contributed by atoms with Gasteiger partial charge in [0.05, 0.1) is 18.7 Å². The number of urea groups is 1. The molecule has 0 aliphatic carbocycles. The molecule has 0 saturated carbocycles. The highest BCUT2D eigenvalue weighted by Crippen LogP contribution is 2.24. The third kappa shape index (κ3) is 3.07. The zero-order chi connectivity index (χ0) is 15.7. The number of rotatable bonds is 4. The van der Waals surface area contributed by atoms with Crippen molar-refractivity contribution in [1.29, 1.82) is 0 Å². The van der Waals surface area contributed by atoms with Crippen LogP contribution in [0, 0.1) is 0 Å². The fraction of sp³-hybridized carbons (Fsp3) is 0.786. The fourth-order valence-electron chi connectivity index (χ4n) is 3.41. The van der Waals surface area contributed by atoms with Gasteiger partial charge in [-0.3, -0.25) is 14.5 Å². The Kier molecular flexibility index (Phi) is 4.05. The molecule has 122 valence electrons. The summed E-state index contributed by atoms with van der Waals surface area (Å²) in [5.41, 5.74) is -0.878. The normalized spacial score (nSPS) is 29.5. The van der Waals surface area contributed by atoms with Crippen molar-refractivity contribution in [3.8, 4) is 0 Å². The van der Waals surface area contributed by atoms with Crippen LogP contribution >= 0.6 is 0 Å². The molecule has 0 spiro atoms. The van der Waals surface area contributed by atoms with Crippen molar-refractivity contribution >= 4 is 17.8 Å². The lowest BCUT2D eigenvalue weighted by atomic mass is 10.0.